The highest BCUT2D eigenvalue weighted by Crippen LogP contribution is 2.65. The van der Waals surface area contributed by atoms with E-state index in [1.807, 2.05) is 18.6 Å². The Morgan fingerprint density at radius 1 is 0.915 bits per heavy atom. The van der Waals surface area contributed by atoms with E-state index in [1.165, 1.54) is 29.2 Å². The number of amides is 6. The standard InChI is InChI=1S/C32H46N6O8S/c1-16(2)23(28(41)37-47(45,46)19-10-8-7-9-11-19)35-31(44)36-24(17(3)4)30(43)38-15-20-22(32(20,5)6)25(38)29(42)34-21(14-18-12-13-18)26(39)27(33)40/h7-11,16-18,20-25H,12-15H2,1-6H3,(H2,33,40)(H,34,42)(H,37,41)(H2,35,36,44)/t20-,21?,22-,23-,24-,25-/m0/s1. The first-order valence-corrected chi connectivity index (χ1v) is 17.5. The lowest BCUT2D eigenvalue weighted by Crippen LogP contribution is -2.61. The molecule has 6 atom stereocenters. The van der Waals surface area contributed by atoms with Crippen molar-refractivity contribution < 1.29 is 37.2 Å². The first kappa shape index (κ1) is 35.8. The number of primary amides is 1. The van der Waals surface area contributed by atoms with Crippen molar-refractivity contribution in [3.8, 4) is 0 Å². The maximum absolute atomic E-state index is 14.0. The summed E-state index contributed by atoms with van der Waals surface area (Å²) < 4.78 is 27.5. The van der Waals surface area contributed by atoms with Crippen molar-refractivity contribution in [2.75, 3.05) is 6.54 Å². The SMILES string of the molecule is CC(C)[C@H](NC(=O)N[C@H](C(=O)N1C[C@H]2[C@@H]([C@H]1C(=O)NC(CC1CC1)C(=O)C(N)=O)C2(C)C)C(C)C)C(=O)NS(=O)(=O)c1ccccc1. The number of benzene rings is 1. The monoisotopic (exact) mass is 674 g/mol. The summed E-state index contributed by atoms with van der Waals surface area (Å²) in [6.07, 6.45) is 2.06. The van der Waals surface area contributed by atoms with Crippen molar-refractivity contribution in [2.24, 2.45) is 40.7 Å². The Labute approximate surface area is 275 Å². The van der Waals surface area contributed by atoms with E-state index in [2.05, 4.69) is 16.0 Å². The fraction of sp³-hybridized carbons (Fsp3) is 0.625. The molecule has 1 aromatic rings. The van der Waals surface area contributed by atoms with Gasteiger partial charge in [-0.3, -0.25) is 24.0 Å². The van der Waals surface area contributed by atoms with Gasteiger partial charge in [-0.25, -0.2) is 17.9 Å². The zero-order chi connectivity index (χ0) is 35.0. The van der Waals surface area contributed by atoms with Gasteiger partial charge < -0.3 is 26.6 Å². The summed E-state index contributed by atoms with van der Waals surface area (Å²) >= 11 is 0. The van der Waals surface area contributed by atoms with E-state index in [4.69, 9.17) is 5.73 Å². The van der Waals surface area contributed by atoms with E-state index in [9.17, 15) is 37.2 Å². The van der Waals surface area contributed by atoms with Crippen molar-refractivity contribution in [1.82, 2.24) is 25.6 Å². The van der Waals surface area contributed by atoms with Crippen LogP contribution in [0.4, 0.5) is 4.79 Å². The van der Waals surface area contributed by atoms with Crippen LogP contribution in [-0.2, 0) is 34.0 Å². The molecule has 1 saturated heterocycles. The van der Waals surface area contributed by atoms with E-state index >= 15 is 0 Å². The molecular formula is C32H46N6O8S. The lowest BCUT2D eigenvalue weighted by atomic mass is 9.96. The Bertz CT molecular complexity index is 1520. The Balaban J connectivity index is 1.47. The highest BCUT2D eigenvalue weighted by Gasteiger charge is 2.69. The van der Waals surface area contributed by atoms with Gasteiger partial charge >= 0.3 is 6.03 Å². The number of fused-ring (bicyclic) bond motifs is 1. The van der Waals surface area contributed by atoms with Crippen LogP contribution in [0, 0.1) is 35.0 Å². The summed E-state index contributed by atoms with van der Waals surface area (Å²) in [6, 6.07) is 2.06. The molecule has 2 aliphatic carbocycles. The molecule has 1 aliphatic heterocycles. The molecule has 1 unspecified atom stereocenters. The van der Waals surface area contributed by atoms with Crippen molar-refractivity contribution in [3.05, 3.63) is 30.3 Å². The van der Waals surface area contributed by atoms with E-state index in [0.29, 0.717) is 6.42 Å². The number of likely N-dealkylation sites (tertiary alicyclic amines) is 1. The molecule has 6 amide bonds. The third kappa shape index (κ3) is 7.94. The van der Waals surface area contributed by atoms with Crippen LogP contribution >= 0.6 is 0 Å². The maximum Gasteiger partial charge on any atom is 0.316 e. The topological polar surface area (TPSA) is 214 Å². The van der Waals surface area contributed by atoms with Gasteiger partial charge in [0.15, 0.2) is 0 Å². The molecule has 47 heavy (non-hydrogen) atoms. The Morgan fingerprint density at radius 2 is 1.49 bits per heavy atom. The maximum atomic E-state index is 14.0. The number of rotatable bonds is 14. The average molecular weight is 675 g/mol. The molecule has 3 aliphatic rings. The summed E-state index contributed by atoms with van der Waals surface area (Å²) in [5, 5.41) is 7.83. The normalized spacial score (nSPS) is 23.2. The van der Waals surface area contributed by atoms with Crippen LogP contribution in [0.1, 0.15) is 60.8 Å². The molecule has 3 fully saturated rings. The molecular weight excluding hydrogens is 628 g/mol. The second-order valence-corrected chi connectivity index (χ2v) is 15.9. The molecule has 0 spiro atoms. The van der Waals surface area contributed by atoms with Gasteiger partial charge in [-0.15, -0.1) is 0 Å². The van der Waals surface area contributed by atoms with E-state index < -0.39 is 81.5 Å². The Hall–Kier alpha value is -4.01. The smallest absolute Gasteiger partial charge is 0.316 e. The number of ketones is 1. The van der Waals surface area contributed by atoms with Gasteiger partial charge in [-0.2, -0.15) is 0 Å². The van der Waals surface area contributed by atoms with Crippen LogP contribution in [-0.4, -0.2) is 79.5 Å². The summed E-state index contributed by atoms with van der Waals surface area (Å²) in [6.45, 7) is 11.0. The highest BCUT2D eigenvalue weighted by atomic mass is 32.2. The van der Waals surface area contributed by atoms with Gasteiger partial charge in [0, 0.05) is 6.54 Å². The van der Waals surface area contributed by atoms with E-state index in [1.54, 1.807) is 33.8 Å². The van der Waals surface area contributed by atoms with Gasteiger partial charge in [0.05, 0.1) is 10.9 Å². The number of carbonyl (C=O) groups excluding carboxylic acids is 6. The van der Waals surface area contributed by atoms with Gasteiger partial charge in [0.25, 0.3) is 21.8 Å². The molecule has 0 radical (unpaired) electrons. The number of nitrogens with zero attached hydrogens (tertiary/aromatic N) is 1. The summed E-state index contributed by atoms with van der Waals surface area (Å²) in [4.78, 5) is 79.6. The summed E-state index contributed by atoms with van der Waals surface area (Å²) in [7, 11) is -4.20. The van der Waals surface area contributed by atoms with Gasteiger partial charge in [0.1, 0.15) is 18.1 Å². The van der Waals surface area contributed by atoms with Gasteiger partial charge in [0.2, 0.25) is 17.6 Å². The van der Waals surface area contributed by atoms with E-state index in [-0.39, 0.29) is 34.6 Å². The number of nitrogens with one attached hydrogen (secondary N) is 4. The number of carbonyl (C=O) groups is 6. The lowest BCUT2D eigenvalue weighted by Gasteiger charge is -2.35. The Kier molecular flexibility index (Phi) is 10.4. The minimum Gasteiger partial charge on any atom is -0.363 e. The lowest BCUT2D eigenvalue weighted by molar-refractivity contribution is -0.144. The zero-order valence-electron chi connectivity index (χ0n) is 27.6. The van der Waals surface area contributed by atoms with Crippen LogP contribution in [0.5, 0.6) is 0 Å². The van der Waals surface area contributed by atoms with Gasteiger partial charge in [-0.1, -0.05) is 72.6 Å². The number of hydrogen-bond acceptors (Lipinski definition) is 8. The minimum absolute atomic E-state index is 0.0122. The first-order chi connectivity index (χ1) is 21.9. The fourth-order valence-corrected chi connectivity index (χ4v) is 7.59. The van der Waals surface area contributed by atoms with Crippen LogP contribution in [0.15, 0.2) is 35.2 Å². The highest BCUT2D eigenvalue weighted by molar-refractivity contribution is 7.90. The quantitative estimate of drug-likeness (QED) is 0.176. The van der Waals surface area contributed by atoms with Crippen LogP contribution < -0.4 is 26.4 Å². The molecule has 258 valence electrons. The van der Waals surface area contributed by atoms with E-state index in [0.717, 1.165) is 12.8 Å². The van der Waals surface area contributed by atoms with Crippen LogP contribution in [0.2, 0.25) is 0 Å². The zero-order valence-corrected chi connectivity index (χ0v) is 28.4. The first-order valence-electron chi connectivity index (χ1n) is 16.0. The average Bonchev–Trinajstić information content (AvgIpc) is 3.84. The largest absolute Gasteiger partial charge is 0.363 e. The molecule has 1 aromatic carbocycles. The number of hydrogen-bond donors (Lipinski definition) is 5. The third-order valence-corrected chi connectivity index (χ3v) is 11.0. The molecule has 1 heterocycles. The molecule has 0 bridgehead atoms. The van der Waals surface area contributed by atoms with Crippen LogP contribution in [0.25, 0.3) is 0 Å². The number of sulfonamides is 1. The fourth-order valence-electron chi connectivity index (χ4n) is 6.57. The summed E-state index contributed by atoms with van der Waals surface area (Å²) in [5.41, 5.74) is 5.02. The molecule has 4 rings (SSSR count). The summed E-state index contributed by atoms with van der Waals surface area (Å²) in [5.74, 6) is -4.98. The minimum atomic E-state index is -4.20. The number of Topliss-reactive ketones (excluding diaryl/α,β-unsaturated/α-hetero) is 1. The number of piperidine rings is 1. The second-order valence-electron chi connectivity index (χ2n) is 14.2. The Morgan fingerprint density at radius 3 is 2.02 bits per heavy atom. The molecule has 2 saturated carbocycles. The van der Waals surface area contributed by atoms with Crippen molar-refractivity contribution in [1.29, 1.82) is 0 Å². The second kappa shape index (κ2) is 13.6. The predicted molar refractivity (Wildman–Crippen MR) is 170 cm³/mol. The number of urea groups is 1. The van der Waals surface area contributed by atoms with Gasteiger partial charge in [-0.05, 0) is 53.6 Å². The van der Waals surface area contributed by atoms with Crippen LogP contribution in [0.3, 0.4) is 0 Å². The van der Waals surface area contributed by atoms with Crippen molar-refractivity contribution >= 4 is 45.5 Å². The molecule has 14 nitrogen and oxygen atoms in total. The number of nitrogens with two attached hydrogens (primary N) is 1. The van der Waals surface area contributed by atoms with Crippen molar-refractivity contribution in [2.45, 2.75) is 89.9 Å². The van der Waals surface area contributed by atoms with Crippen molar-refractivity contribution in [3.63, 3.8) is 0 Å². The molecule has 6 N–H and O–H groups in total. The molecule has 0 aromatic heterocycles. The molecule has 15 heteroatoms. The third-order valence-electron chi connectivity index (χ3n) is 9.65. The predicted octanol–water partition coefficient (Wildman–Crippen LogP) is 0.662.